The largest absolute Gasteiger partial charge is 0.383 e. The molecule has 3 heteroatoms. The number of ketones is 1. The summed E-state index contributed by atoms with van der Waals surface area (Å²) in [4.78, 5) is 13.3. The number of hydrogen-bond donors (Lipinski definition) is 0. The highest BCUT2D eigenvalue weighted by molar-refractivity contribution is 5.75. The maximum Gasteiger partial charge on any atom is 0.129 e. The third kappa shape index (κ3) is 7.83. The van der Waals surface area contributed by atoms with E-state index < -0.39 is 0 Å². The van der Waals surface area contributed by atoms with Crippen LogP contribution in [0.25, 0.3) is 0 Å². The minimum absolute atomic E-state index is 0.298. The fourth-order valence-corrected chi connectivity index (χ4v) is 1.71. The topological polar surface area (TPSA) is 29.5 Å². The second-order valence-corrected chi connectivity index (χ2v) is 4.45. The Morgan fingerprint density at radius 3 is 2.50 bits per heavy atom. The van der Waals surface area contributed by atoms with Crippen molar-refractivity contribution in [1.82, 2.24) is 4.90 Å². The van der Waals surface area contributed by atoms with E-state index in [4.69, 9.17) is 4.74 Å². The van der Waals surface area contributed by atoms with Gasteiger partial charge >= 0.3 is 0 Å². The van der Waals surface area contributed by atoms with Crippen LogP contribution >= 0.6 is 0 Å². The summed E-state index contributed by atoms with van der Waals surface area (Å²) in [6, 6.07) is 0.604. The number of carbonyl (C=O) groups excluding carboxylic acids is 1. The van der Waals surface area contributed by atoms with Gasteiger partial charge in [-0.1, -0.05) is 6.92 Å². The molecule has 0 aromatic carbocycles. The second-order valence-electron chi connectivity index (χ2n) is 4.45. The summed E-state index contributed by atoms with van der Waals surface area (Å²) < 4.78 is 5.12. The molecule has 0 aromatic rings. The Hall–Kier alpha value is -0.410. The number of ether oxygens (including phenoxy) is 1. The molecule has 1 atom stereocenters. The summed E-state index contributed by atoms with van der Waals surface area (Å²) in [5.41, 5.74) is 0. The van der Waals surface area contributed by atoms with Crippen LogP contribution in [0.15, 0.2) is 0 Å². The number of hydrogen-bond acceptors (Lipinski definition) is 3. The van der Waals surface area contributed by atoms with Gasteiger partial charge in [0.15, 0.2) is 0 Å². The molecule has 0 aliphatic heterocycles. The molecule has 0 radical (unpaired) electrons. The van der Waals surface area contributed by atoms with Crippen LogP contribution in [-0.4, -0.2) is 43.5 Å². The zero-order valence-corrected chi connectivity index (χ0v) is 11.3. The van der Waals surface area contributed by atoms with Crippen molar-refractivity contribution in [2.24, 2.45) is 0 Å². The first kappa shape index (κ1) is 15.6. The van der Waals surface area contributed by atoms with Gasteiger partial charge in [0.2, 0.25) is 0 Å². The van der Waals surface area contributed by atoms with Gasteiger partial charge in [0.05, 0.1) is 6.61 Å². The zero-order chi connectivity index (χ0) is 12.4. The van der Waals surface area contributed by atoms with E-state index in [9.17, 15) is 4.79 Å². The average Bonchev–Trinajstić information content (AvgIpc) is 2.26. The van der Waals surface area contributed by atoms with Gasteiger partial charge in [-0.15, -0.1) is 0 Å². The Labute approximate surface area is 100 Å². The van der Waals surface area contributed by atoms with Gasteiger partial charge in [0.1, 0.15) is 5.78 Å². The van der Waals surface area contributed by atoms with Gasteiger partial charge in [0.25, 0.3) is 0 Å². The Balaban J connectivity index is 3.77. The van der Waals surface area contributed by atoms with Crippen LogP contribution in [0.3, 0.4) is 0 Å². The lowest BCUT2D eigenvalue weighted by Gasteiger charge is -2.28. The normalized spacial score (nSPS) is 13.1. The summed E-state index contributed by atoms with van der Waals surface area (Å²) in [6.45, 7) is 8.98. The molecular formula is C13H27NO2. The third-order valence-electron chi connectivity index (χ3n) is 3.02. The van der Waals surface area contributed by atoms with Crippen molar-refractivity contribution in [3.05, 3.63) is 0 Å². The maximum atomic E-state index is 10.8. The molecule has 0 saturated heterocycles. The predicted octanol–water partition coefficient (Wildman–Crippen LogP) is 2.49. The molecule has 0 aromatic heterocycles. The average molecular weight is 229 g/mol. The van der Waals surface area contributed by atoms with Crippen molar-refractivity contribution in [3.63, 3.8) is 0 Å². The molecule has 0 heterocycles. The van der Waals surface area contributed by atoms with Crippen LogP contribution < -0.4 is 0 Å². The molecule has 0 saturated carbocycles. The van der Waals surface area contributed by atoms with Crippen molar-refractivity contribution in [3.8, 4) is 0 Å². The molecule has 0 rings (SSSR count). The summed E-state index contributed by atoms with van der Waals surface area (Å²) in [5, 5.41) is 0. The van der Waals surface area contributed by atoms with Gasteiger partial charge in [-0.2, -0.15) is 0 Å². The van der Waals surface area contributed by atoms with Crippen LogP contribution in [0.2, 0.25) is 0 Å². The highest BCUT2D eigenvalue weighted by Gasteiger charge is 2.11. The fourth-order valence-electron chi connectivity index (χ4n) is 1.71. The van der Waals surface area contributed by atoms with Crippen LogP contribution in [0.4, 0.5) is 0 Å². The standard InChI is InChI=1S/C13H27NO2/c1-5-12(2)14(10-11-16-4)9-7-6-8-13(3)15/h12H,5-11H2,1-4H3. The van der Waals surface area contributed by atoms with E-state index in [0.29, 0.717) is 11.8 Å². The summed E-state index contributed by atoms with van der Waals surface area (Å²) in [6.07, 6.45) is 4.00. The molecule has 16 heavy (non-hydrogen) atoms. The molecule has 0 aliphatic carbocycles. The highest BCUT2D eigenvalue weighted by Crippen LogP contribution is 2.06. The lowest BCUT2D eigenvalue weighted by atomic mass is 10.1. The highest BCUT2D eigenvalue weighted by atomic mass is 16.5. The Morgan fingerprint density at radius 1 is 1.31 bits per heavy atom. The quantitative estimate of drug-likeness (QED) is 0.539. The minimum atomic E-state index is 0.298. The first-order valence-electron chi connectivity index (χ1n) is 6.34. The van der Waals surface area contributed by atoms with Crippen LogP contribution in [-0.2, 0) is 9.53 Å². The summed E-state index contributed by atoms with van der Waals surface area (Å²) in [5.74, 6) is 0.298. The molecule has 1 unspecified atom stereocenters. The van der Waals surface area contributed by atoms with Gasteiger partial charge in [-0.05, 0) is 39.7 Å². The number of methoxy groups -OCH3 is 1. The number of carbonyl (C=O) groups is 1. The molecule has 0 amide bonds. The Morgan fingerprint density at radius 2 is 2.00 bits per heavy atom. The lowest BCUT2D eigenvalue weighted by Crippen LogP contribution is -2.36. The van der Waals surface area contributed by atoms with Gasteiger partial charge < -0.3 is 9.53 Å². The number of unbranched alkanes of at least 4 members (excludes halogenated alkanes) is 1. The first-order valence-corrected chi connectivity index (χ1v) is 6.34. The summed E-state index contributed by atoms with van der Waals surface area (Å²) >= 11 is 0. The number of Topliss-reactive ketones (excluding diaryl/α,β-unsaturated/α-hetero) is 1. The fraction of sp³-hybridized carbons (Fsp3) is 0.923. The Kier molecular flexibility index (Phi) is 9.54. The van der Waals surface area contributed by atoms with E-state index >= 15 is 0 Å². The second kappa shape index (κ2) is 9.79. The maximum absolute atomic E-state index is 10.8. The van der Waals surface area contributed by atoms with Crippen LogP contribution in [0, 0.1) is 0 Å². The van der Waals surface area contributed by atoms with E-state index in [2.05, 4.69) is 18.7 Å². The summed E-state index contributed by atoms with van der Waals surface area (Å²) in [7, 11) is 1.74. The molecule has 0 fully saturated rings. The SMILES string of the molecule is CCC(C)N(CCCCC(C)=O)CCOC. The van der Waals surface area contributed by atoms with Crippen molar-refractivity contribution >= 4 is 5.78 Å². The van der Waals surface area contributed by atoms with Crippen molar-refractivity contribution in [2.45, 2.75) is 52.5 Å². The van der Waals surface area contributed by atoms with Gasteiger partial charge in [-0.3, -0.25) is 4.90 Å². The predicted molar refractivity (Wildman–Crippen MR) is 67.7 cm³/mol. The molecule has 0 N–H and O–H groups in total. The third-order valence-corrected chi connectivity index (χ3v) is 3.02. The first-order chi connectivity index (χ1) is 7.61. The number of nitrogens with zero attached hydrogens (tertiary/aromatic N) is 1. The van der Waals surface area contributed by atoms with Crippen molar-refractivity contribution in [1.29, 1.82) is 0 Å². The van der Waals surface area contributed by atoms with E-state index in [1.807, 2.05) is 0 Å². The molecule has 3 nitrogen and oxygen atoms in total. The van der Waals surface area contributed by atoms with Crippen LogP contribution in [0.5, 0.6) is 0 Å². The van der Waals surface area contributed by atoms with E-state index in [1.54, 1.807) is 14.0 Å². The van der Waals surface area contributed by atoms with E-state index in [-0.39, 0.29) is 0 Å². The van der Waals surface area contributed by atoms with Crippen molar-refractivity contribution < 1.29 is 9.53 Å². The van der Waals surface area contributed by atoms with E-state index in [1.165, 1.54) is 0 Å². The molecule has 96 valence electrons. The smallest absolute Gasteiger partial charge is 0.129 e. The number of rotatable bonds is 10. The van der Waals surface area contributed by atoms with Gasteiger partial charge in [0, 0.05) is 26.1 Å². The zero-order valence-electron chi connectivity index (χ0n) is 11.3. The van der Waals surface area contributed by atoms with E-state index in [0.717, 1.165) is 45.4 Å². The molecular weight excluding hydrogens is 202 g/mol. The Bertz CT molecular complexity index is 183. The van der Waals surface area contributed by atoms with Crippen molar-refractivity contribution in [2.75, 3.05) is 26.8 Å². The molecule has 0 aliphatic rings. The molecule has 0 bridgehead atoms. The monoisotopic (exact) mass is 229 g/mol. The minimum Gasteiger partial charge on any atom is -0.383 e. The van der Waals surface area contributed by atoms with Crippen LogP contribution in [0.1, 0.15) is 46.5 Å². The van der Waals surface area contributed by atoms with Gasteiger partial charge in [-0.25, -0.2) is 0 Å². The molecule has 0 spiro atoms. The lowest BCUT2D eigenvalue weighted by molar-refractivity contribution is -0.117.